The number of amides is 1. The Bertz CT molecular complexity index is 973. The number of pyridine rings is 1. The molecule has 0 unspecified atom stereocenters. The maximum absolute atomic E-state index is 13.0. The van der Waals surface area contributed by atoms with Gasteiger partial charge in [-0.2, -0.15) is 0 Å². The Hall–Kier alpha value is -3.05. The van der Waals surface area contributed by atoms with Crippen molar-refractivity contribution in [2.45, 2.75) is 32.4 Å². The molecule has 4 nitrogen and oxygen atoms in total. The molecule has 4 rings (SSSR count). The predicted molar refractivity (Wildman–Crippen MR) is 112 cm³/mol. The lowest BCUT2D eigenvalue weighted by atomic mass is 9.99. The zero-order chi connectivity index (χ0) is 20.1. The zero-order valence-corrected chi connectivity index (χ0v) is 16.3. The Labute approximate surface area is 170 Å². The van der Waals surface area contributed by atoms with Gasteiger partial charge in [0.25, 0.3) is 0 Å². The Kier molecular flexibility index (Phi) is 5.96. The number of anilines is 1. The van der Waals surface area contributed by atoms with Crippen LogP contribution in [0.1, 0.15) is 28.7 Å². The van der Waals surface area contributed by atoms with E-state index in [-0.39, 0.29) is 11.7 Å². The fourth-order valence-corrected chi connectivity index (χ4v) is 3.76. The number of fused-ring (bicyclic) bond motifs is 1. The quantitative estimate of drug-likeness (QED) is 0.682. The first-order chi connectivity index (χ1) is 14.2. The lowest BCUT2D eigenvalue weighted by Gasteiger charge is -2.29. The Morgan fingerprint density at radius 2 is 1.83 bits per heavy atom. The first-order valence-corrected chi connectivity index (χ1v) is 9.94. The van der Waals surface area contributed by atoms with Crippen molar-refractivity contribution in [1.82, 2.24) is 9.88 Å². The standard InChI is InChI=1S/C24H24FN3O/c25-21-9-6-18(7-10-21)8-11-24(29)27-23-15-26-14-20-17-28(13-12-22(20)23)16-19-4-2-1-3-5-19/h1-7,9-10,14-15H,8,11-13,16-17H2,(H,27,29). The van der Waals surface area contributed by atoms with Gasteiger partial charge in [0.2, 0.25) is 5.91 Å². The number of rotatable bonds is 6. The Morgan fingerprint density at radius 3 is 2.62 bits per heavy atom. The lowest BCUT2D eigenvalue weighted by Crippen LogP contribution is -2.31. The summed E-state index contributed by atoms with van der Waals surface area (Å²) in [6.45, 7) is 2.69. The van der Waals surface area contributed by atoms with Crippen molar-refractivity contribution in [3.8, 4) is 0 Å². The van der Waals surface area contributed by atoms with E-state index in [0.29, 0.717) is 12.8 Å². The molecule has 0 aliphatic carbocycles. The van der Waals surface area contributed by atoms with Gasteiger partial charge >= 0.3 is 0 Å². The van der Waals surface area contributed by atoms with Gasteiger partial charge in [-0.3, -0.25) is 14.7 Å². The second kappa shape index (κ2) is 8.97. The summed E-state index contributed by atoms with van der Waals surface area (Å²) >= 11 is 0. The van der Waals surface area contributed by atoms with Crippen LogP contribution in [0.3, 0.4) is 0 Å². The van der Waals surface area contributed by atoms with E-state index in [1.807, 2.05) is 12.3 Å². The van der Waals surface area contributed by atoms with Crippen molar-refractivity contribution in [2.75, 3.05) is 11.9 Å². The molecule has 0 bridgehead atoms. The first kappa shape index (κ1) is 19.3. The maximum atomic E-state index is 13.0. The fourth-order valence-electron chi connectivity index (χ4n) is 3.76. The van der Waals surface area contributed by atoms with Crippen molar-refractivity contribution in [2.24, 2.45) is 0 Å². The Balaban J connectivity index is 1.37. The molecule has 2 heterocycles. The molecule has 0 fully saturated rings. The highest BCUT2D eigenvalue weighted by Gasteiger charge is 2.20. The highest BCUT2D eigenvalue weighted by atomic mass is 19.1. The number of nitrogens with one attached hydrogen (secondary N) is 1. The summed E-state index contributed by atoms with van der Waals surface area (Å²) in [5, 5.41) is 3.02. The highest BCUT2D eigenvalue weighted by Crippen LogP contribution is 2.26. The van der Waals surface area contributed by atoms with Gasteiger partial charge in [-0.25, -0.2) is 4.39 Å². The molecular formula is C24H24FN3O. The number of aryl methyl sites for hydroxylation is 1. The van der Waals surface area contributed by atoms with Gasteiger partial charge < -0.3 is 5.32 Å². The van der Waals surface area contributed by atoms with E-state index in [2.05, 4.69) is 39.5 Å². The molecule has 29 heavy (non-hydrogen) atoms. The molecule has 1 N–H and O–H groups in total. The van der Waals surface area contributed by atoms with Gasteiger partial charge in [0.1, 0.15) is 5.82 Å². The SMILES string of the molecule is O=C(CCc1ccc(F)cc1)Nc1cncc2c1CCN(Cc1ccccc1)C2. The van der Waals surface area contributed by atoms with Crippen molar-refractivity contribution >= 4 is 11.6 Å². The van der Waals surface area contributed by atoms with Crippen molar-refractivity contribution in [3.05, 3.63) is 95.1 Å². The second-order valence-electron chi connectivity index (χ2n) is 7.45. The van der Waals surface area contributed by atoms with Crippen molar-refractivity contribution < 1.29 is 9.18 Å². The third kappa shape index (κ3) is 5.06. The van der Waals surface area contributed by atoms with Crippen molar-refractivity contribution in [3.63, 3.8) is 0 Å². The van der Waals surface area contributed by atoms with E-state index in [4.69, 9.17) is 0 Å². The van der Waals surface area contributed by atoms with E-state index in [9.17, 15) is 9.18 Å². The van der Waals surface area contributed by atoms with Crippen LogP contribution in [0, 0.1) is 5.82 Å². The van der Waals surface area contributed by atoms with Crippen LogP contribution in [0.5, 0.6) is 0 Å². The molecule has 1 aliphatic heterocycles. The summed E-state index contributed by atoms with van der Waals surface area (Å²) in [6.07, 6.45) is 5.47. The molecular weight excluding hydrogens is 365 g/mol. The van der Waals surface area contributed by atoms with Crippen LogP contribution in [0.2, 0.25) is 0 Å². The summed E-state index contributed by atoms with van der Waals surface area (Å²) < 4.78 is 13.0. The van der Waals surface area contributed by atoms with Gasteiger partial charge in [-0.15, -0.1) is 0 Å². The molecule has 0 saturated heterocycles. The minimum atomic E-state index is -0.263. The van der Waals surface area contributed by atoms with Gasteiger partial charge in [-0.1, -0.05) is 42.5 Å². The Morgan fingerprint density at radius 1 is 1.03 bits per heavy atom. The molecule has 1 amide bonds. The number of benzene rings is 2. The molecule has 2 aromatic carbocycles. The monoisotopic (exact) mass is 389 g/mol. The van der Waals surface area contributed by atoms with Crippen LogP contribution in [-0.4, -0.2) is 22.3 Å². The van der Waals surface area contributed by atoms with E-state index in [0.717, 1.165) is 37.3 Å². The van der Waals surface area contributed by atoms with Crippen LogP contribution >= 0.6 is 0 Å². The molecule has 3 aromatic rings. The highest BCUT2D eigenvalue weighted by molar-refractivity contribution is 5.91. The maximum Gasteiger partial charge on any atom is 0.224 e. The van der Waals surface area contributed by atoms with E-state index < -0.39 is 0 Å². The lowest BCUT2D eigenvalue weighted by molar-refractivity contribution is -0.116. The summed E-state index contributed by atoms with van der Waals surface area (Å²) in [7, 11) is 0. The minimum Gasteiger partial charge on any atom is -0.324 e. The second-order valence-corrected chi connectivity index (χ2v) is 7.45. The number of hydrogen-bond acceptors (Lipinski definition) is 3. The van der Waals surface area contributed by atoms with E-state index in [1.165, 1.54) is 28.8 Å². The van der Waals surface area contributed by atoms with Crippen molar-refractivity contribution in [1.29, 1.82) is 0 Å². The van der Waals surface area contributed by atoms with E-state index >= 15 is 0 Å². The molecule has 1 aromatic heterocycles. The number of hydrogen-bond donors (Lipinski definition) is 1. The number of aromatic nitrogens is 1. The smallest absolute Gasteiger partial charge is 0.224 e. The zero-order valence-electron chi connectivity index (χ0n) is 16.3. The molecule has 0 radical (unpaired) electrons. The molecule has 1 aliphatic rings. The summed E-state index contributed by atoms with van der Waals surface area (Å²) in [6, 6.07) is 16.7. The van der Waals surface area contributed by atoms with Crippen LogP contribution < -0.4 is 5.32 Å². The predicted octanol–water partition coefficient (Wildman–Crippen LogP) is 4.35. The largest absolute Gasteiger partial charge is 0.324 e. The van der Waals surface area contributed by atoms with Gasteiger partial charge in [-0.05, 0) is 47.2 Å². The number of carbonyl (C=O) groups is 1. The first-order valence-electron chi connectivity index (χ1n) is 9.94. The van der Waals surface area contributed by atoms with Gasteiger partial charge in [0, 0.05) is 32.3 Å². The molecule has 148 valence electrons. The fraction of sp³-hybridized carbons (Fsp3) is 0.250. The molecule has 0 atom stereocenters. The number of carbonyl (C=O) groups excluding carboxylic acids is 1. The van der Waals surface area contributed by atoms with Crippen LogP contribution in [0.15, 0.2) is 67.0 Å². The van der Waals surface area contributed by atoms with Crippen LogP contribution in [0.25, 0.3) is 0 Å². The molecule has 0 spiro atoms. The average molecular weight is 389 g/mol. The van der Waals surface area contributed by atoms with Crippen LogP contribution in [-0.2, 0) is 30.7 Å². The number of halogens is 1. The molecule has 5 heteroatoms. The van der Waals surface area contributed by atoms with Gasteiger partial charge in [0.05, 0.1) is 11.9 Å². The minimum absolute atomic E-state index is 0.0451. The normalized spacial score (nSPS) is 13.7. The topological polar surface area (TPSA) is 45.2 Å². The van der Waals surface area contributed by atoms with Gasteiger partial charge in [0.15, 0.2) is 0 Å². The third-order valence-corrected chi connectivity index (χ3v) is 5.30. The summed E-state index contributed by atoms with van der Waals surface area (Å²) in [5.41, 5.74) is 5.41. The summed E-state index contributed by atoms with van der Waals surface area (Å²) in [4.78, 5) is 19.2. The van der Waals surface area contributed by atoms with Crippen LogP contribution in [0.4, 0.5) is 10.1 Å². The molecule has 0 saturated carbocycles. The number of nitrogens with zero attached hydrogens (tertiary/aromatic N) is 2. The summed E-state index contributed by atoms with van der Waals surface area (Å²) in [5.74, 6) is -0.308. The third-order valence-electron chi connectivity index (χ3n) is 5.30. The average Bonchev–Trinajstić information content (AvgIpc) is 2.74. The van der Waals surface area contributed by atoms with E-state index in [1.54, 1.807) is 18.3 Å².